The van der Waals surface area contributed by atoms with Gasteiger partial charge in [0.1, 0.15) is 0 Å². The van der Waals surface area contributed by atoms with E-state index in [9.17, 15) is 9.59 Å². The molecule has 5 nitrogen and oxygen atoms in total. The lowest BCUT2D eigenvalue weighted by Crippen LogP contribution is -2.48. The summed E-state index contributed by atoms with van der Waals surface area (Å²) in [4.78, 5) is 24.0. The number of nitrogens with zero attached hydrogens (tertiary/aromatic N) is 1. The maximum absolute atomic E-state index is 11.5. The Morgan fingerprint density at radius 3 is 2.40 bits per heavy atom. The summed E-state index contributed by atoms with van der Waals surface area (Å²) in [5.74, 6) is -0.0458. The fourth-order valence-electron chi connectivity index (χ4n) is 1.54. The Labute approximate surface area is 88.7 Å². The second-order valence-electron chi connectivity index (χ2n) is 4.42. The number of carbonyl (C=O) groups is 2. The molecule has 0 aromatic rings. The third-order valence-corrected chi connectivity index (χ3v) is 2.67. The van der Waals surface area contributed by atoms with E-state index in [1.54, 1.807) is 6.92 Å². The Hall–Kier alpha value is -0.940. The first-order valence-electron chi connectivity index (χ1n) is 5.02. The van der Waals surface area contributed by atoms with Crippen molar-refractivity contribution in [3.63, 3.8) is 0 Å². The quantitative estimate of drug-likeness (QED) is 0.641. The average molecular weight is 215 g/mol. The Morgan fingerprint density at radius 2 is 1.87 bits per heavy atom. The number of carbonyl (C=O) groups excluding carboxylic acids is 2. The highest BCUT2D eigenvalue weighted by atomic mass is 16.3. The Balaban J connectivity index is 2.62. The third kappa shape index (κ3) is 3.00. The molecule has 1 fully saturated rings. The molecule has 1 saturated heterocycles. The molecule has 1 rings (SSSR count). The van der Waals surface area contributed by atoms with Crippen molar-refractivity contribution in [2.75, 3.05) is 26.3 Å². The molecule has 0 bridgehead atoms. The molecule has 86 valence electrons. The van der Waals surface area contributed by atoms with Crippen LogP contribution in [0, 0.1) is 5.41 Å². The largest absolute Gasteiger partial charge is 0.396 e. The average Bonchev–Trinajstić information content (AvgIpc) is 2.23. The highest BCUT2D eigenvalue weighted by Gasteiger charge is 2.31. The van der Waals surface area contributed by atoms with E-state index in [-0.39, 0.29) is 44.4 Å². The Kier molecular flexibility index (Phi) is 3.82. The summed E-state index contributed by atoms with van der Waals surface area (Å²) in [6.45, 7) is 1.60. The fourth-order valence-corrected chi connectivity index (χ4v) is 1.54. The van der Waals surface area contributed by atoms with Crippen LogP contribution in [0.15, 0.2) is 0 Å². The molecule has 1 aliphatic rings. The van der Waals surface area contributed by atoms with Gasteiger partial charge in [-0.25, -0.2) is 0 Å². The van der Waals surface area contributed by atoms with Crippen molar-refractivity contribution < 1.29 is 19.8 Å². The lowest BCUT2D eigenvalue weighted by molar-refractivity contribution is -0.142. The molecule has 0 unspecified atom stereocenters. The molecule has 0 aliphatic carbocycles. The van der Waals surface area contributed by atoms with Crippen LogP contribution in [0.2, 0.25) is 0 Å². The first kappa shape index (κ1) is 12.1. The molecule has 0 spiro atoms. The maximum atomic E-state index is 11.5. The zero-order valence-corrected chi connectivity index (χ0v) is 8.90. The zero-order valence-electron chi connectivity index (χ0n) is 8.90. The molecule has 1 amide bonds. The molecule has 0 radical (unpaired) electrons. The van der Waals surface area contributed by atoms with Crippen molar-refractivity contribution in [2.45, 2.75) is 19.8 Å². The van der Waals surface area contributed by atoms with Gasteiger partial charge in [0.25, 0.3) is 0 Å². The van der Waals surface area contributed by atoms with Gasteiger partial charge in [-0.3, -0.25) is 9.59 Å². The van der Waals surface area contributed by atoms with Crippen molar-refractivity contribution in [1.29, 1.82) is 0 Å². The summed E-state index contributed by atoms with van der Waals surface area (Å²) in [5.41, 5.74) is -0.729. The van der Waals surface area contributed by atoms with Gasteiger partial charge < -0.3 is 15.1 Å². The molecule has 1 aliphatic heterocycles. The maximum Gasteiger partial charge on any atom is 0.223 e. The highest BCUT2D eigenvalue weighted by Crippen LogP contribution is 2.19. The molecule has 2 N–H and O–H groups in total. The van der Waals surface area contributed by atoms with E-state index >= 15 is 0 Å². The van der Waals surface area contributed by atoms with Gasteiger partial charge in [0.15, 0.2) is 5.78 Å². The van der Waals surface area contributed by atoms with Gasteiger partial charge >= 0.3 is 0 Å². The summed E-state index contributed by atoms with van der Waals surface area (Å²) in [7, 11) is 0. The number of Topliss-reactive ketones (excluding diaryl/α,β-unsaturated/α-hetero) is 1. The number of aliphatic hydroxyl groups is 2. The highest BCUT2D eigenvalue weighted by molar-refractivity contribution is 5.92. The Morgan fingerprint density at radius 1 is 1.27 bits per heavy atom. The molecular weight excluding hydrogens is 198 g/mol. The molecule has 0 aromatic carbocycles. The standard InChI is InChI=1S/C10H17NO4/c1-10(6-12,7-13)5-11-4-8(14)2-3-9(11)15/h12-13H,2-7H2,1H3. The van der Waals surface area contributed by atoms with E-state index in [0.717, 1.165) is 0 Å². The predicted octanol–water partition coefficient (Wildman–Crippen LogP) is -0.831. The number of aliphatic hydroxyl groups excluding tert-OH is 2. The number of hydrogen-bond acceptors (Lipinski definition) is 4. The van der Waals surface area contributed by atoms with E-state index < -0.39 is 5.41 Å². The predicted molar refractivity (Wildman–Crippen MR) is 53.1 cm³/mol. The Bertz CT molecular complexity index is 260. The van der Waals surface area contributed by atoms with Crippen LogP contribution in [0.1, 0.15) is 19.8 Å². The third-order valence-electron chi connectivity index (χ3n) is 2.67. The van der Waals surface area contributed by atoms with Crippen LogP contribution in [-0.4, -0.2) is 53.1 Å². The second-order valence-corrected chi connectivity index (χ2v) is 4.42. The van der Waals surface area contributed by atoms with Gasteiger partial charge in [-0.2, -0.15) is 0 Å². The number of amides is 1. The molecule has 0 aromatic heterocycles. The van der Waals surface area contributed by atoms with Crippen molar-refractivity contribution in [2.24, 2.45) is 5.41 Å². The lowest BCUT2D eigenvalue weighted by Gasteiger charge is -2.34. The van der Waals surface area contributed by atoms with Crippen molar-refractivity contribution in [3.8, 4) is 0 Å². The van der Waals surface area contributed by atoms with Crippen molar-refractivity contribution in [1.82, 2.24) is 4.90 Å². The summed E-state index contributed by atoms with van der Waals surface area (Å²) >= 11 is 0. The van der Waals surface area contributed by atoms with Crippen LogP contribution < -0.4 is 0 Å². The monoisotopic (exact) mass is 215 g/mol. The molecule has 15 heavy (non-hydrogen) atoms. The minimum Gasteiger partial charge on any atom is -0.396 e. The lowest BCUT2D eigenvalue weighted by atomic mass is 9.91. The van der Waals surface area contributed by atoms with E-state index in [2.05, 4.69) is 0 Å². The van der Waals surface area contributed by atoms with E-state index in [1.165, 1.54) is 4.90 Å². The van der Waals surface area contributed by atoms with Crippen LogP contribution in [0.4, 0.5) is 0 Å². The first-order valence-corrected chi connectivity index (χ1v) is 5.02. The molecular formula is C10H17NO4. The summed E-state index contributed by atoms with van der Waals surface area (Å²) in [6.07, 6.45) is 0.552. The van der Waals surface area contributed by atoms with Crippen LogP contribution in [0.5, 0.6) is 0 Å². The van der Waals surface area contributed by atoms with Crippen LogP contribution in [0.3, 0.4) is 0 Å². The SMILES string of the molecule is CC(CO)(CO)CN1CC(=O)CCC1=O. The van der Waals surface area contributed by atoms with Gasteiger partial charge in [-0.05, 0) is 0 Å². The second kappa shape index (κ2) is 4.72. The number of piperidine rings is 1. The topological polar surface area (TPSA) is 77.8 Å². The summed E-state index contributed by atoms with van der Waals surface area (Å²) in [5, 5.41) is 18.2. The molecule has 0 saturated carbocycles. The van der Waals surface area contributed by atoms with Gasteiger partial charge in [0, 0.05) is 24.8 Å². The number of likely N-dealkylation sites (tertiary alicyclic amines) is 1. The van der Waals surface area contributed by atoms with Crippen LogP contribution in [-0.2, 0) is 9.59 Å². The number of hydrogen-bond donors (Lipinski definition) is 2. The normalized spacial score (nSPS) is 18.5. The van der Waals surface area contributed by atoms with Gasteiger partial charge in [-0.1, -0.05) is 6.92 Å². The van der Waals surface area contributed by atoms with E-state index in [0.29, 0.717) is 6.42 Å². The van der Waals surface area contributed by atoms with E-state index in [1.807, 2.05) is 0 Å². The molecule has 5 heteroatoms. The smallest absolute Gasteiger partial charge is 0.223 e. The first-order chi connectivity index (χ1) is 7.00. The minimum absolute atomic E-state index is 0.0350. The molecule has 1 heterocycles. The van der Waals surface area contributed by atoms with Crippen LogP contribution in [0.25, 0.3) is 0 Å². The van der Waals surface area contributed by atoms with Crippen molar-refractivity contribution >= 4 is 11.7 Å². The summed E-state index contributed by atoms with van der Waals surface area (Å²) < 4.78 is 0. The van der Waals surface area contributed by atoms with Crippen molar-refractivity contribution in [3.05, 3.63) is 0 Å². The summed E-state index contributed by atoms with van der Waals surface area (Å²) in [6, 6.07) is 0. The fraction of sp³-hybridized carbons (Fsp3) is 0.800. The van der Waals surface area contributed by atoms with Gasteiger partial charge in [0.05, 0.1) is 19.8 Å². The molecule has 0 atom stereocenters. The zero-order chi connectivity index (χ0) is 11.5. The van der Waals surface area contributed by atoms with Gasteiger partial charge in [0.2, 0.25) is 5.91 Å². The van der Waals surface area contributed by atoms with Crippen LogP contribution >= 0.6 is 0 Å². The minimum atomic E-state index is -0.729. The van der Waals surface area contributed by atoms with E-state index in [4.69, 9.17) is 10.2 Å². The van der Waals surface area contributed by atoms with Gasteiger partial charge in [-0.15, -0.1) is 0 Å². The number of ketones is 1. The number of rotatable bonds is 4.